The normalized spacial score (nSPS) is 10.5. The Morgan fingerprint density at radius 1 is 1.29 bits per heavy atom. The summed E-state index contributed by atoms with van der Waals surface area (Å²) in [5, 5.41) is 0. The zero-order valence-electron chi connectivity index (χ0n) is 13.2. The number of nitrogens with zero attached hydrogens (tertiary/aromatic N) is 2. The van der Waals surface area contributed by atoms with Crippen LogP contribution in [0.2, 0.25) is 0 Å². The fourth-order valence-electron chi connectivity index (χ4n) is 2.09. The summed E-state index contributed by atoms with van der Waals surface area (Å²) in [5.41, 5.74) is 0.745. The average molecular weight is 296 g/mol. The van der Waals surface area contributed by atoms with Crippen LogP contribution in [0.4, 0.5) is 0 Å². The molecule has 6 nitrogen and oxygen atoms in total. The Kier molecular flexibility index (Phi) is 7.53. The van der Waals surface area contributed by atoms with E-state index in [-0.39, 0.29) is 12.5 Å². The van der Waals surface area contributed by atoms with Crippen molar-refractivity contribution in [1.29, 1.82) is 0 Å². The van der Waals surface area contributed by atoms with E-state index < -0.39 is 0 Å². The van der Waals surface area contributed by atoms with Gasteiger partial charge in [-0.1, -0.05) is 6.92 Å². The highest BCUT2D eigenvalue weighted by atomic mass is 16.5. The molecule has 0 aliphatic heterocycles. The molecule has 0 amide bonds. The molecule has 0 N–H and O–H groups in total. The van der Waals surface area contributed by atoms with Crippen molar-refractivity contribution in [2.75, 3.05) is 33.9 Å². The molecule has 1 heterocycles. The maximum absolute atomic E-state index is 11.7. The highest BCUT2D eigenvalue weighted by Gasteiger charge is 2.17. The van der Waals surface area contributed by atoms with Crippen molar-refractivity contribution in [1.82, 2.24) is 9.88 Å². The highest BCUT2D eigenvalue weighted by Crippen LogP contribution is 2.29. The standard InChI is InChI=1S/C15H24N2O4/c1-5-9-17(11-14(18)21-6-2)10-12-15(20-4)13(19-3)7-8-16-12/h7-8H,5-6,9-11H2,1-4H3. The molecule has 0 radical (unpaired) electrons. The molecule has 0 unspecified atom stereocenters. The molecule has 6 heteroatoms. The van der Waals surface area contributed by atoms with Crippen LogP contribution in [0.25, 0.3) is 0 Å². The lowest BCUT2D eigenvalue weighted by Gasteiger charge is -2.21. The predicted molar refractivity (Wildman–Crippen MR) is 79.5 cm³/mol. The number of methoxy groups -OCH3 is 2. The monoisotopic (exact) mass is 296 g/mol. The summed E-state index contributed by atoms with van der Waals surface area (Å²) in [6.45, 7) is 5.78. The minimum atomic E-state index is -0.229. The van der Waals surface area contributed by atoms with Gasteiger partial charge in [-0.3, -0.25) is 14.7 Å². The molecule has 0 bridgehead atoms. The number of aromatic nitrogens is 1. The Morgan fingerprint density at radius 2 is 2.05 bits per heavy atom. The van der Waals surface area contributed by atoms with Gasteiger partial charge in [-0.05, 0) is 19.9 Å². The van der Waals surface area contributed by atoms with E-state index in [1.165, 1.54) is 0 Å². The molecule has 21 heavy (non-hydrogen) atoms. The van der Waals surface area contributed by atoms with Gasteiger partial charge >= 0.3 is 5.97 Å². The van der Waals surface area contributed by atoms with Crippen LogP contribution in [0.3, 0.4) is 0 Å². The lowest BCUT2D eigenvalue weighted by molar-refractivity contribution is -0.144. The molecule has 0 saturated heterocycles. The SMILES string of the molecule is CCCN(CC(=O)OCC)Cc1nccc(OC)c1OC. The highest BCUT2D eigenvalue weighted by molar-refractivity contribution is 5.71. The molecule has 1 aromatic rings. The third kappa shape index (κ3) is 5.23. The number of hydrogen-bond acceptors (Lipinski definition) is 6. The van der Waals surface area contributed by atoms with Crippen LogP contribution in [-0.4, -0.2) is 49.8 Å². The van der Waals surface area contributed by atoms with Crippen LogP contribution in [0.5, 0.6) is 11.5 Å². The molecule has 118 valence electrons. The van der Waals surface area contributed by atoms with E-state index in [4.69, 9.17) is 14.2 Å². The van der Waals surface area contributed by atoms with E-state index in [0.29, 0.717) is 24.7 Å². The van der Waals surface area contributed by atoms with Crippen molar-refractivity contribution in [2.24, 2.45) is 0 Å². The summed E-state index contributed by atoms with van der Waals surface area (Å²) in [6.07, 6.45) is 2.61. The maximum Gasteiger partial charge on any atom is 0.320 e. The van der Waals surface area contributed by atoms with E-state index in [2.05, 4.69) is 11.9 Å². The van der Waals surface area contributed by atoms with Gasteiger partial charge in [-0.15, -0.1) is 0 Å². The molecular formula is C15H24N2O4. The minimum absolute atomic E-state index is 0.229. The molecular weight excluding hydrogens is 272 g/mol. The Hall–Kier alpha value is -1.82. The molecule has 1 aromatic heterocycles. The van der Waals surface area contributed by atoms with Gasteiger partial charge in [-0.2, -0.15) is 0 Å². The second-order valence-electron chi connectivity index (χ2n) is 4.51. The fraction of sp³-hybridized carbons (Fsp3) is 0.600. The topological polar surface area (TPSA) is 60.9 Å². The number of carbonyl (C=O) groups is 1. The van der Waals surface area contributed by atoms with Crippen LogP contribution in [0.1, 0.15) is 26.0 Å². The summed E-state index contributed by atoms with van der Waals surface area (Å²) in [4.78, 5) is 18.0. The number of pyridine rings is 1. The van der Waals surface area contributed by atoms with Crippen molar-refractivity contribution < 1.29 is 19.0 Å². The lowest BCUT2D eigenvalue weighted by atomic mass is 10.2. The van der Waals surface area contributed by atoms with Crippen molar-refractivity contribution in [3.63, 3.8) is 0 Å². The van der Waals surface area contributed by atoms with Gasteiger partial charge in [0, 0.05) is 18.8 Å². The van der Waals surface area contributed by atoms with E-state index in [1.54, 1.807) is 33.4 Å². The fourth-order valence-corrected chi connectivity index (χ4v) is 2.09. The summed E-state index contributed by atoms with van der Waals surface area (Å²) in [6, 6.07) is 1.75. The van der Waals surface area contributed by atoms with Crippen LogP contribution >= 0.6 is 0 Å². The maximum atomic E-state index is 11.7. The molecule has 0 saturated carbocycles. The van der Waals surface area contributed by atoms with Crippen LogP contribution < -0.4 is 9.47 Å². The number of carbonyl (C=O) groups excluding carboxylic acids is 1. The van der Waals surface area contributed by atoms with Gasteiger partial charge in [0.2, 0.25) is 0 Å². The molecule has 0 aromatic carbocycles. The number of ether oxygens (including phenoxy) is 3. The molecule has 0 fully saturated rings. The number of hydrogen-bond donors (Lipinski definition) is 0. The number of rotatable bonds is 9. The first-order valence-electron chi connectivity index (χ1n) is 7.10. The van der Waals surface area contributed by atoms with Gasteiger partial charge in [0.1, 0.15) is 5.69 Å². The Bertz CT molecular complexity index is 451. The van der Waals surface area contributed by atoms with Crippen LogP contribution in [0.15, 0.2) is 12.3 Å². The largest absolute Gasteiger partial charge is 0.493 e. The third-order valence-corrected chi connectivity index (χ3v) is 2.94. The molecule has 1 rings (SSSR count). The zero-order chi connectivity index (χ0) is 15.7. The third-order valence-electron chi connectivity index (χ3n) is 2.94. The summed E-state index contributed by atoms with van der Waals surface area (Å²) >= 11 is 0. The van der Waals surface area contributed by atoms with Gasteiger partial charge < -0.3 is 14.2 Å². The van der Waals surface area contributed by atoms with Crippen LogP contribution in [0, 0.1) is 0 Å². The Labute approximate surface area is 126 Å². The first-order chi connectivity index (χ1) is 10.2. The van der Waals surface area contributed by atoms with Crippen molar-refractivity contribution in [3.05, 3.63) is 18.0 Å². The quantitative estimate of drug-likeness (QED) is 0.648. The van der Waals surface area contributed by atoms with E-state index >= 15 is 0 Å². The first-order valence-corrected chi connectivity index (χ1v) is 7.10. The Morgan fingerprint density at radius 3 is 2.62 bits per heavy atom. The van der Waals surface area contributed by atoms with E-state index in [9.17, 15) is 4.79 Å². The molecule has 0 atom stereocenters. The second kappa shape index (κ2) is 9.18. The van der Waals surface area contributed by atoms with Crippen LogP contribution in [-0.2, 0) is 16.1 Å². The predicted octanol–water partition coefficient (Wildman–Crippen LogP) is 1.87. The van der Waals surface area contributed by atoms with Crippen molar-refractivity contribution in [2.45, 2.75) is 26.8 Å². The number of esters is 1. The first kappa shape index (κ1) is 17.2. The summed E-state index contributed by atoms with van der Waals surface area (Å²) < 4.78 is 15.6. The lowest BCUT2D eigenvalue weighted by Crippen LogP contribution is -2.31. The minimum Gasteiger partial charge on any atom is -0.493 e. The van der Waals surface area contributed by atoms with Gasteiger partial charge in [-0.25, -0.2) is 0 Å². The molecule has 0 aliphatic rings. The molecule has 0 spiro atoms. The van der Waals surface area contributed by atoms with Crippen molar-refractivity contribution >= 4 is 5.97 Å². The zero-order valence-corrected chi connectivity index (χ0v) is 13.2. The van der Waals surface area contributed by atoms with E-state index in [1.807, 2.05) is 4.90 Å². The second-order valence-corrected chi connectivity index (χ2v) is 4.51. The van der Waals surface area contributed by atoms with E-state index in [0.717, 1.165) is 18.7 Å². The Balaban J connectivity index is 2.85. The molecule has 0 aliphatic carbocycles. The van der Waals surface area contributed by atoms with Gasteiger partial charge in [0.25, 0.3) is 0 Å². The smallest absolute Gasteiger partial charge is 0.320 e. The van der Waals surface area contributed by atoms with Crippen molar-refractivity contribution in [3.8, 4) is 11.5 Å². The summed E-state index contributed by atoms with van der Waals surface area (Å²) in [7, 11) is 3.17. The summed E-state index contributed by atoms with van der Waals surface area (Å²) in [5.74, 6) is 1.01. The van der Waals surface area contributed by atoms with Gasteiger partial charge in [0.15, 0.2) is 11.5 Å². The average Bonchev–Trinajstić information content (AvgIpc) is 2.47. The van der Waals surface area contributed by atoms with Gasteiger partial charge in [0.05, 0.1) is 27.4 Å².